The highest BCUT2D eigenvalue weighted by molar-refractivity contribution is 7.35. The Labute approximate surface area is 82.7 Å². The van der Waals surface area contributed by atoms with Crippen LogP contribution in [0.15, 0.2) is 0 Å². The van der Waals surface area contributed by atoms with Crippen molar-refractivity contribution in [3.05, 3.63) is 0 Å². The lowest BCUT2D eigenvalue weighted by Crippen LogP contribution is -2.70. The number of rotatable bonds is 3. The zero-order valence-electron chi connectivity index (χ0n) is 8.93. The van der Waals surface area contributed by atoms with Crippen LogP contribution in [0, 0.1) is 0 Å². The summed E-state index contributed by atoms with van der Waals surface area (Å²) in [6, 6.07) is 2.38. The van der Waals surface area contributed by atoms with E-state index in [4.69, 9.17) is 14.3 Å². The van der Waals surface area contributed by atoms with E-state index >= 15 is 0 Å². The van der Waals surface area contributed by atoms with Crippen LogP contribution in [-0.2, 0) is 8.85 Å². The van der Waals surface area contributed by atoms with Gasteiger partial charge in [0.15, 0.2) is 7.75 Å². The molecule has 5 heteroatoms. The molecule has 0 aromatic carbocycles. The van der Waals surface area contributed by atoms with Crippen molar-refractivity contribution in [3.8, 4) is 0 Å². The van der Waals surface area contributed by atoms with Crippen LogP contribution in [0.5, 0.6) is 0 Å². The Bertz CT molecular complexity index is 168. The summed E-state index contributed by atoms with van der Waals surface area (Å²) in [5.74, 6) is 0. The minimum atomic E-state index is -2.00. The van der Waals surface area contributed by atoms with Crippen molar-refractivity contribution in [2.75, 3.05) is 14.2 Å². The molecule has 78 valence electrons. The Morgan fingerprint density at radius 1 is 1.08 bits per heavy atom. The molecule has 2 N–H and O–H groups in total. The molecule has 1 aliphatic heterocycles. The molecule has 0 saturated carbocycles. The molecule has 0 unspecified atom stereocenters. The molecule has 0 atom stereocenters. The third kappa shape index (κ3) is 2.04. The van der Waals surface area contributed by atoms with Crippen molar-refractivity contribution < 1.29 is 8.85 Å². The van der Waals surface area contributed by atoms with E-state index in [-0.39, 0.29) is 0 Å². The van der Waals surface area contributed by atoms with Gasteiger partial charge in [0.2, 0.25) is 0 Å². The normalized spacial score (nSPS) is 23.1. The molecule has 1 fully saturated rings. The smallest absolute Gasteiger partial charge is 0.330 e. The molecule has 0 aliphatic carbocycles. The Hall–Kier alpha value is 0.314. The summed E-state index contributed by atoms with van der Waals surface area (Å²) in [5.41, 5.74) is 0. The van der Waals surface area contributed by atoms with E-state index in [1.165, 1.54) is 31.4 Å². The molecule has 0 aromatic heterocycles. The van der Waals surface area contributed by atoms with Crippen LogP contribution in [-0.4, -0.2) is 30.1 Å². The van der Waals surface area contributed by atoms with Gasteiger partial charge in [0.05, 0.1) is 0 Å². The predicted octanol–water partition coefficient (Wildman–Crippen LogP) is 1.52. The van der Waals surface area contributed by atoms with Crippen LogP contribution in [0.25, 0.3) is 0 Å². The van der Waals surface area contributed by atoms with Crippen LogP contribution in [0.4, 0.5) is 0 Å². The maximum absolute atomic E-state index is 6.51. The fraction of sp³-hybridized carbons (Fsp3) is 1.00. The lowest BCUT2D eigenvalue weighted by atomic mass is 10.3. The van der Waals surface area contributed by atoms with Crippen molar-refractivity contribution in [1.29, 1.82) is 0 Å². The summed E-state index contributed by atoms with van der Waals surface area (Å²) in [7, 11) is -0.188. The highest BCUT2D eigenvalue weighted by Crippen LogP contribution is 2.32. The molecular weight excluding hydrogens is 198 g/mol. The largest absolute Gasteiger partial charge is 0.399 e. The summed E-state index contributed by atoms with van der Waals surface area (Å²) >= 11 is 0. The highest BCUT2D eigenvalue weighted by Gasteiger charge is 2.53. The zero-order chi connectivity index (χ0) is 9.95. The maximum Gasteiger partial charge on any atom is 0.330 e. The maximum atomic E-state index is 6.51. The molecule has 0 spiro atoms. The summed E-state index contributed by atoms with van der Waals surface area (Å²) in [6.45, 7) is 2.13. The van der Waals surface area contributed by atoms with E-state index in [0.717, 1.165) is 0 Å². The molecule has 0 amide bonds. The average molecular weight is 219 g/mol. The minimum absolute atomic E-state index is 1.19. The number of nitrogens with two attached hydrogens (primary N) is 1. The topological polar surface area (TPSA) is 44.5 Å². The lowest BCUT2D eigenvalue weighted by Gasteiger charge is -2.41. The third-order valence-electron chi connectivity index (χ3n) is 3.43. The second kappa shape index (κ2) is 4.23. The van der Waals surface area contributed by atoms with Gasteiger partial charge in [-0.1, -0.05) is 19.3 Å². The third-order valence-corrected chi connectivity index (χ3v) is 17.4. The highest BCUT2D eigenvalue weighted by atomic mass is 29.3. The van der Waals surface area contributed by atoms with Gasteiger partial charge in [0, 0.05) is 14.2 Å². The Balaban J connectivity index is 2.74. The van der Waals surface area contributed by atoms with Crippen LogP contribution in [0.1, 0.15) is 19.3 Å². The van der Waals surface area contributed by atoms with E-state index < -0.39 is 15.8 Å². The van der Waals surface area contributed by atoms with Crippen molar-refractivity contribution in [2.45, 2.75) is 37.9 Å². The molecule has 1 saturated heterocycles. The molecular formula is C8H21NO2Si2. The van der Waals surface area contributed by atoms with Crippen molar-refractivity contribution in [1.82, 2.24) is 0 Å². The monoisotopic (exact) mass is 219 g/mol. The van der Waals surface area contributed by atoms with Crippen LogP contribution in [0.3, 0.4) is 0 Å². The van der Waals surface area contributed by atoms with Crippen LogP contribution >= 0.6 is 0 Å². The number of hydrogen-bond acceptors (Lipinski definition) is 3. The molecule has 1 aliphatic rings. The van der Waals surface area contributed by atoms with Gasteiger partial charge in [-0.2, -0.15) is 0 Å². The van der Waals surface area contributed by atoms with E-state index in [1.54, 1.807) is 14.2 Å². The van der Waals surface area contributed by atoms with Gasteiger partial charge in [-0.25, -0.2) is 0 Å². The van der Waals surface area contributed by atoms with Gasteiger partial charge in [-0.15, -0.1) is 0 Å². The molecule has 13 heavy (non-hydrogen) atoms. The fourth-order valence-corrected chi connectivity index (χ4v) is 12.3. The second-order valence-electron chi connectivity index (χ2n) is 4.07. The van der Waals surface area contributed by atoms with Crippen LogP contribution in [0.2, 0.25) is 18.6 Å². The first-order valence-corrected chi connectivity index (χ1v) is 10.8. The second-order valence-corrected chi connectivity index (χ2v) is 15.8. The van der Waals surface area contributed by atoms with Gasteiger partial charge in [-0.3, -0.25) is 0 Å². The van der Waals surface area contributed by atoms with E-state index in [0.29, 0.717) is 0 Å². The first-order valence-electron chi connectivity index (χ1n) is 4.97. The van der Waals surface area contributed by atoms with Crippen molar-refractivity contribution in [3.63, 3.8) is 0 Å². The fourth-order valence-electron chi connectivity index (χ4n) is 2.13. The standard InChI is InChI=1S/C8H21NO2Si2/c1-10-12(3,11-2)13(9)7-5-4-6-8-13/h4-9H2,1-3H3. The molecule has 0 aromatic rings. The Morgan fingerprint density at radius 2 is 1.54 bits per heavy atom. The Kier molecular flexibility index (Phi) is 3.70. The van der Waals surface area contributed by atoms with Crippen molar-refractivity contribution >= 4 is 15.8 Å². The first kappa shape index (κ1) is 11.4. The Morgan fingerprint density at radius 3 is 1.92 bits per heavy atom. The predicted molar refractivity (Wildman–Crippen MR) is 59.0 cm³/mol. The van der Waals surface area contributed by atoms with Gasteiger partial charge in [0.1, 0.15) is 0 Å². The molecule has 0 radical (unpaired) electrons. The average Bonchev–Trinajstić information content (AvgIpc) is 2.17. The lowest BCUT2D eigenvalue weighted by molar-refractivity contribution is 0.268. The van der Waals surface area contributed by atoms with E-state index in [2.05, 4.69) is 6.55 Å². The zero-order valence-corrected chi connectivity index (χ0v) is 10.9. The van der Waals surface area contributed by atoms with Gasteiger partial charge >= 0.3 is 8.08 Å². The van der Waals surface area contributed by atoms with E-state index in [1.807, 2.05) is 0 Å². The molecule has 0 bridgehead atoms. The molecule has 1 rings (SSSR count). The SMILES string of the molecule is CO[Si](C)(OC)[Si]1(N)CCCCC1. The minimum Gasteiger partial charge on any atom is -0.399 e. The number of hydrogen-bond donors (Lipinski definition) is 1. The summed E-state index contributed by atoms with van der Waals surface area (Å²) in [5, 5.41) is 6.51. The summed E-state index contributed by atoms with van der Waals surface area (Å²) in [6.07, 6.45) is 3.89. The molecule has 3 nitrogen and oxygen atoms in total. The first-order chi connectivity index (χ1) is 6.08. The van der Waals surface area contributed by atoms with E-state index in [9.17, 15) is 0 Å². The van der Waals surface area contributed by atoms with Crippen molar-refractivity contribution in [2.24, 2.45) is 5.40 Å². The van der Waals surface area contributed by atoms with Gasteiger partial charge < -0.3 is 14.3 Å². The van der Waals surface area contributed by atoms with Gasteiger partial charge in [0.25, 0.3) is 0 Å². The molecule has 1 heterocycles. The summed E-state index contributed by atoms with van der Waals surface area (Å²) < 4.78 is 11.2. The van der Waals surface area contributed by atoms with Gasteiger partial charge in [-0.05, 0) is 18.6 Å². The quantitative estimate of drug-likeness (QED) is 0.732. The summed E-state index contributed by atoms with van der Waals surface area (Å²) in [4.78, 5) is 0. The van der Waals surface area contributed by atoms with Crippen LogP contribution < -0.4 is 5.40 Å².